The zero-order valence-corrected chi connectivity index (χ0v) is 42.1. The van der Waals surface area contributed by atoms with Gasteiger partial charge in [0.25, 0.3) is 0 Å². The lowest BCUT2D eigenvalue weighted by atomic mass is 10.2. The third-order valence-corrected chi connectivity index (χ3v) is 30.5. The molecule has 8 heteroatoms. The molecule has 1 aliphatic rings. The molecule has 0 aromatic heterocycles. The summed E-state index contributed by atoms with van der Waals surface area (Å²) < 4.78 is 34.7. The molecule has 8 aromatic rings. The fourth-order valence-corrected chi connectivity index (χ4v) is 31.0. The fraction of sp³-hybridized carbons (Fsp3) is 0.143. The summed E-state index contributed by atoms with van der Waals surface area (Å²) >= 11 is 0. The number of rotatable bonds is 8. The molecule has 320 valence electrons. The maximum absolute atomic E-state index is 8.68. The molecule has 0 bridgehead atoms. The highest BCUT2D eigenvalue weighted by Gasteiger charge is 2.68. The highest BCUT2D eigenvalue weighted by molar-refractivity contribution is 7.16. The summed E-state index contributed by atoms with van der Waals surface area (Å²) in [6, 6.07) is 70.5. The van der Waals surface area contributed by atoms with Gasteiger partial charge in [0.1, 0.15) is 0 Å². The molecule has 0 spiro atoms. The molecule has 1 fully saturated rings. The summed E-state index contributed by atoms with van der Waals surface area (Å²) in [7, 11) is -16.0. The molecule has 1 aliphatic heterocycles. The molecule has 0 amide bonds. The van der Waals surface area contributed by atoms with Crippen LogP contribution in [-0.4, -0.2) is 34.2 Å². The highest BCUT2D eigenvalue weighted by atomic mass is 28.5. The lowest BCUT2D eigenvalue weighted by Crippen LogP contribution is -2.88. The highest BCUT2D eigenvalue weighted by Crippen LogP contribution is 2.33. The third-order valence-electron chi connectivity index (χ3n) is 12.6. The normalized spacial score (nSPS) is 16.4. The fourth-order valence-electron chi connectivity index (χ4n) is 8.69. The van der Waals surface area contributed by atoms with Gasteiger partial charge in [-0.2, -0.15) is 0 Å². The van der Waals surface area contributed by atoms with E-state index in [2.05, 4.69) is 250 Å². The zero-order chi connectivity index (χ0) is 44.7. The zero-order valence-electron chi connectivity index (χ0n) is 38.1. The molecule has 1 heterocycles. The predicted molar refractivity (Wildman–Crippen MR) is 274 cm³/mol. The molecule has 4 nitrogen and oxygen atoms in total. The van der Waals surface area contributed by atoms with Crippen LogP contribution in [-0.2, 0) is 16.5 Å². The predicted octanol–water partition coefficient (Wildman–Crippen LogP) is 7.56. The van der Waals surface area contributed by atoms with Crippen LogP contribution in [0.4, 0.5) is 0 Å². The number of aryl methyl sites for hydroxylation is 8. The van der Waals surface area contributed by atoms with Crippen molar-refractivity contribution in [2.24, 2.45) is 0 Å². The molecule has 8 aromatic carbocycles. The van der Waals surface area contributed by atoms with Crippen molar-refractivity contribution in [2.45, 2.75) is 55.4 Å². The molecular formula is C56H56O4Si4. The molecule has 9 rings (SSSR count). The number of hydrogen-bond donors (Lipinski definition) is 0. The van der Waals surface area contributed by atoms with Crippen LogP contribution in [0.25, 0.3) is 0 Å². The summed E-state index contributed by atoms with van der Waals surface area (Å²) in [6.07, 6.45) is 0. The average Bonchev–Trinajstić information content (AvgIpc) is 3.29. The maximum Gasteiger partial charge on any atom is 0.390 e. The first-order valence-electron chi connectivity index (χ1n) is 22.2. The van der Waals surface area contributed by atoms with E-state index in [4.69, 9.17) is 16.5 Å². The van der Waals surface area contributed by atoms with Gasteiger partial charge in [0.05, 0.1) is 0 Å². The van der Waals surface area contributed by atoms with Crippen molar-refractivity contribution >= 4 is 75.7 Å². The van der Waals surface area contributed by atoms with Gasteiger partial charge in [-0.3, -0.25) is 0 Å². The Bertz CT molecular complexity index is 2260. The monoisotopic (exact) mass is 904 g/mol. The van der Waals surface area contributed by atoms with Crippen molar-refractivity contribution in [1.29, 1.82) is 0 Å². The molecule has 0 saturated carbocycles. The van der Waals surface area contributed by atoms with Crippen molar-refractivity contribution in [3.8, 4) is 0 Å². The van der Waals surface area contributed by atoms with Crippen molar-refractivity contribution in [2.75, 3.05) is 0 Å². The van der Waals surface area contributed by atoms with Gasteiger partial charge in [-0.1, -0.05) is 239 Å². The van der Waals surface area contributed by atoms with Gasteiger partial charge in [0.2, 0.25) is 0 Å². The Morgan fingerprint density at radius 3 is 0.359 bits per heavy atom. The van der Waals surface area contributed by atoms with Crippen LogP contribution in [0.1, 0.15) is 44.5 Å². The molecule has 0 atom stereocenters. The van der Waals surface area contributed by atoms with E-state index in [0.29, 0.717) is 0 Å². The Hall–Kier alpha value is -5.53. The molecule has 64 heavy (non-hydrogen) atoms. The second kappa shape index (κ2) is 17.5. The van der Waals surface area contributed by atoms with Crippen molar-refractivity contribution in [3.63, 3.8) is 0 Å². The second-order valence-corrected chi connectivity index (χ2v) is 30.6. The molecule has 0 radical (unpaired) electrons. The van der Waals surface area contributed by atoms with E-state index in [-0.39, 0.29) is 0 Å². The van der Waals surface area contributed by atoms with Crippen LogP contribution < -0.4 is 41.5 Å². The van der Waals surface area contributed by atoms with Gasteiger partial charge >= 0.3 is 34.2 Å². The Morgan fingerprint density at radius 2 is 0.266 bits per heavy atom. The minimum atomic E-state index is -4.01. The minimum absolute atomic E-state index is 0.987. The third kappa shape index (κ3) is 8.10. The maximum atomic E-state index is 8.68. The van der Waals surface area contributed by atoms with E-state index >= 15 is 0 Å². The van der Waals surface area contributed by atoms with Gasteiger partial charge in [-0.25, -0.2) is 0 Å². The van der Waals surface area contributed by atoms with Crippen LogP contribution in [0.3, 0.4) is 0 Å². The average molecular weight is 905 g/mol. The Kier molecular flexibility index (Phi) is 11.9. The first-order valence-corrected chi connectivity index (χ1v) is 29.5. The van der Waals surface area contributed by atoms with Crippen molar-refractivity contribution < 1.29 is 16.5 Å². The van der Waals surface area contributed by atoms with Crippen molar-refractivity contribution in [1.82, 2.24) is 0 Å². The van der Waals surface area contributed by atoms with Crippen LogP contribution in [0.15, 0.2) is 194 Å². The van der Waals surface area contributed by atoms with Gasteiger partial charge in [-0.05, 0) is 96.9 Å². The van der Waals surface area contributed by atoms with Crippen molar-refractivity contribution in [3.05, 3.63) is 239 Å². The number of hydrogen-bond acceptors (Lipinski definition) is 4. The minimum Gasteiger partial charge on any atom is -0.402 e. The quantitative estimate of drug-likeness (QED) is 0.148. The Balaban J connectivity index is 1.52. The summed E-state index contributed by atoms with van der Waals surface area (Å²) in [5, 5.41) is 7.90. The summed E-state index contributed by atoms with van der Waals surface area (Å²) in [5.41, 5.74) is 9.23. The van der Waals surface area contributed by atoms with Gasteiger partial charge in [-0.15, -0.1) is 0 Å². The summed E-state index contributed by atoms with van der Waals surface area (Å²) in [6.45, 7) is 17.1. The standard InChI is InChI=1S/C56H56O4Si4/c1-41-9-25-49(26-10-41)61(50-27-11-42(2)12-28-50)57-62(51-29-13-43(3)14-30-51,52-31-15-44(4)16-32-52)59-64(55-37-21-47(7)22-38-55,56-39-23-48(8)24-40-56)60-63(58-61,53-33-17-45(5)18-34-53)54-35-19-46(6)20-36-54/h9-40H,1-8H3. The van der Waals surface area contributed by atoms with Gasteiger partial charge < -0.3 is 16.5 Å². The van der Waals surface area contributed by atoms with Crippen LogP contribution in [0, 0.1) is 55.4 Å². The second-order valence-electron chi connectivity index (χ2n) is 17.8. The van der Waals surface area contributed by atoms with Crippen LogP contribution in [0.2, 0.25) is 0 Å². The smallest absolute Gasteiger partial charge is 0.390 e. The lowest BCUT2D eigenvalue weighted by Gasteiger charge is -2.53. The lowest BCUT2D eigenvalue weighted by molar-refractivity contribution is 0.268. The molecular weight excluding hydrogens is 849 g/mol. The van der Waals surface area contributed by atoms with Gasteiger partial charge in [0.15, 0.2) is 0 Å². The molecule has 0 N–H and O–H groups in total. The van der Waals surface area contributed by atoms with E-state index < -0.39 is 34.2 Å². The summed E-state index contributed by atoms with van der Waals surface area (Å²) in [5.74, 6) is 0. The number of benzene rings is 8. The first-order chi connectivity index (χ1) is 30.8. The molecule has 1 saturated heterocycles. The van der Waals surface area contributed by atoms with E-state index in [1.54, 1.807) is 0 Å². The molecule has 0 aliphatic carbocycles. The van der Waals surface area contributed by atoms with E-state index in [1.807, 2.05) is 0 Å². The topological polar surface area (TPSA) is 36.9 Å². The molecule has 0 unspecified atom stereocenters. The summed E-state index contributed by atoms with van der Waals surface area (Å²) in [4.78, 5) is 0. The van der Waals surface area contributed by atoms with Crippen LogP contribution >= 0.6 is 0 Å². The Labute approximate surface area is 384 Å². The van der Waals surface area contributed by atoms with E-state index in [0.717, 1.165) is 86.0 Å². The largest absolute Gasteiger partial charge is 0.402 e. The first kappa shape index (κ1) is 43.7. The van der Waals surface area contributed by atoms with Crippen LogP contribution in [0.5, 0.6) is 0 Å². The Morgan fingerprint density at radius 1 is 0.172 bits per heavy atom. The SMILES string of the molecule is Cc1ccc([Si]2(c3ccc(C)cc3)O[Si](c3ccc(C)cc3)(c3ccc(C)cc3)O[Si](c3ccc(C)cc3)(c3ccc(C)cc3)O[Si](c3ccc(C)cc3)(c3ccc(C)cc3)O2)cc1. The van der Waals surface area contributed by atoms with E-state index in [1.165, 1.54) is 0 Å². The van der Waals surface area contributed by atoms with E-state index in [9.17, 15) is 0 Å². The van der Waals surface area contributed by atoms with Gasteiger partial charge in [0, 0.05) is 0 Å².